The third kappa shape index (κ3) is 4.53. The monoisotopic (exact) mass is 409 g/mol. The number of hydrogen-bond donors (Lipinski definition) is 0. The van der Waals surface area contributed by atoms with Gasteiger partial charge in [0.2, 0.25) is 0 Å². The summed E-state index contributed by atoms with van der Waals surface area (Å²) in [5.41, 5.74) is 0.588. The molecule has 0 aliphatic heterocycles. The fourth-order valence-electron chi connectivity index (χ4n) is 3.15. The Balaban J connectivity index is 0.00000280. The fraction of sp³-hybridized carbons (Fsp3) is 0.0833. The summed E-state index contributed by atoms with van der Waals surface area (Å²) >= 11 is 0. The van der Waals surface area contributed by atoms with E-state index in [0.717, 1.165) is 0 Å². The quantitative estimate of drug-likeness (QED) is 0.365. The number of rotatable bonds is 5. The summed E-state index contributed by atoms with van der Waals surface area (Å²) in [6.07, 6.45) is 1.91. The molecule has 3 aromatic rings. The van der Waals surface area contributed by atoms with Crippen molar-refractivity contribution < 1.29 is 9.53 Å². The number of ether oxygens (including phenoxy) is 1. The molecule has 0 saturated heterocycles. The van der Waals surface area contributed by atoms with Crippen LogP contribution in [0.2, 0.25) is 0 Å². The zero-order chi connectivity index (χ0) is 19.1. The minimum atomic E-state index is -2.07. The minimum Gasteiger partial charge on any atom is -0.466 e. The molecular weight excluding hydrogens is 382 g/mol. The van der Waals surface area contributed by atoms with Crippen molar-refractivity contribution >= 4 is 44.5 Å². The summed E-state index contributed by atoms with van der Waals surface area (Å²) in [4.78, 5) is 11.9. The van der Waals surface area contributed by atoms with Crippen LogP contribution in [0.4, 0.5) is 0 Å². The number of esters is 1. The molecule has 144 valence electrons. The molecule has 28 heavy (non-hydrogen) atoms. The van der Waals surface area contributed by atoms with Crippen molar-refractivity contribution in [3.05, 3.63) is 103 Å². The molecule has 0 aromatic heterocycles. The Labute approximate surface area is 170 Å². The van der Waals surface area contributed by atoms with Crippen molar-refractivity contribution in [1.29, 1.82) is 0 Å². The summed E-state index contributed by atoms with van der Waals surface area (Å²) < 4.78 is 4.88. The average molecular weight is 409 g/mol. The zero-order valence-electron chi connectivity index (χ0n) is 16.6. The summed E-state index contributed by atoms with van der Waals surface area (Å²) in [6, 6.07) is 31.5. The predicted molar refractivity (Wildman–Crippen MR) is 129 cm³/mol. The highest BCUT2D eigenvalue weighted by atomic mass is 31.2. The Kier molecular flexibility index (Phi) is 8.00. The van der Waals surface area contributed by atoms with Gasteiger partial charge in [-0.15, -0.1) is 0 Å². The Morgan fingerprint density at radius 1 is 0.750 bits per heavy atom. The number of allylic oxidation sites excluding steroid dienone is 1. The Bertz CT molecular complexity index is 875. The van der Waals surface area contributed by atoms with Gasteiger partial charge in [-0.3, -0.25) is 0 Å². The van der Waals surface area contributed by atoms with E-state index < -0.39 is 6.89 Å². The average Bonchev–Trinajstić information content (AvgIpc) is 2.75. The third-order valence-corrected chi connectivity index (χ3v) is 8.48. The molecule has 0 fully saturated rings. The first-order valence-electron chi connectivity index (χ1n) is 8.85. The van der Waals surface area contributed by atoms with Crippen molar-refractivity contribution in [2.75, 3.05) is 7.11 Å². The van der Waals surface area contributed by atoms with Gasteiger partial charge in [0.1, 0.15) is 0 Å². The molecule has 1 atom stereocenters. The molecule has 0 radical (unpaired) electrons. The maximum Gasteiger partial charge on any atom is 0.333 e. The van der Waals surface area contributed by atoms with Crippen LogP contribution in [0.1, 0.15) is 6.92 Å². The van der Waals surface area contributed by atoms with Gasteiger partial charge in [-0.1, -0.05) is 103 Å². The van der Waals surface area contributed by atoms with Crippen LogP contribution in [0.25, 0.3) is 0 Å². The molecule has 3 rings (SSSR count). The Morgan fingerprint density at radius 3 is 1.43 bits per heavy atom. The number of carbonyl (C=O) groups is 1. The molecule has 0 aliphatic rings. The molecule has 0 amide bonds. The van der Waals surface area contributed by atoms with Gasteiger partial charge in [0.05, 0.1) is 7.11 Å². The lowest BCUT2D eigenvalue weighted by Gasteiger charge is -2.28. The molecule has 0 aliphatic carbocycles. The molecule has 0 spiro atoms. The van der Waals surface area contributed by atoms with Crippen molar-refractivity contribution in [2.45, 2.75) is 6.92 Å². The van der Waals surface area contributed by atoms with E-state index >= 15 is 0 Å². The highest BCUT2D eigenvalue weighted by molar-refractivity contribution is 7.94. The van der Waals surface area contributed by atoms with E-state index in [0.29, 0.717) is 5.57 Å². The van der Waals surface area contributed by atoms with Crippen LogP contribution in [-0.2, 0) is 9.53 Å². The lowest BCUT2D eigenvalue weighted by atomic mass is 10.3. The van der Waals surface area contributed by atoms with Gasteiger partial charge in [0, 0.05) is 5.57 Å². The molecule has 0 saturated carbocycles. The van der Waals surface area contributed by atoms with E-state index in [1.807, 2.05) is 24.3 Å². The van der Waals surface area contributed by atoms with Gasteiger partial charge in [-0.2, -0.15) is 0 Å². The molecular formula is C24H27O2P2+. The molecule has 0 N–H and O–H groups in total. The summed E-state index contributed by atoms with van der Waals surface area (Å²) in [6.45, 7) is -0.277. The van der Waals surface area contributed by atoms with Crippen LogP contribution in [-0.4, -0.2) is 18.9 Å². The molecule has 3 aromatic carbocycles. The van der Waals surface area contributed by atoms with Crippen LogP contribution in [0.15, 0.2) is 103 Å². The lowest BCUT2D eigenvalue weighted by Crippen LogP contribution is -2.26. The number of hydrogen-bond acceptors (Lipinski definition) is 2. The predicted octanol–water partition coefficient (Wildman–Crippen LogP) is 3.69. The van der Waals surface area contributed by atoms with Crippen molar-refractivity contribution in [3.8, 4) is 0 Å². The zero-order valence-corrected chi connectivity index (χ0v) is 19.5. The van der Waals surface area contributed by atoms with E-state index in [1.54, 1.807) is 6.92 Å². The van der Waals surface area contributed by atoms with Crippen molar-refractivity contribution in [2.24, 2.45) is 0 Å². The van der Waals surface area contributed by atoms with Gasteiger partial charge in [0.15, 0.2) is 0 Å². The summed E-state index contributed by atoms with van der Waals surface area (Å²) in [5, 5.41) is 3.74. The maximum atomic E-state index is 11.9. The van der Waals surface area contributed by atoms with Crippen LogP contribution in [0.3, 0.4) is 0 Å². The van der Waals surface area contributed by atoms with E-state index in [1.165, 1.54) is 23.0 Å². The largest absolute Gasteiger partial charge is 0.466 e. The first-order valence-corrected chi connectivity index (χ1v) is 10.7. The van der Waals surface area contributed by atoms with Gasteiger partial charge in [-0.05, 0) is 39.6 Å². The molecule has 1 unspecified atom stereocenters. The first kappa shape index (κ1) is 21.9. The minimum absolute atomic E-state index is 0. The standard InChI is InChI=1S/C24H23O2P.H3P/c1-20(24(25)26-2)18-19-27(21-12-6-3-7-13-21,22-14-8-4-9-15-22)23-16-10-5-11-17-23;/h3-19H,1-2H3;1H3/p+1. The van der Waals surface area contributed by atoms with Crippen molar-refractivity contribution in [3.63, 3.8) is 0 Å². The number of methoxy groups -OCH3 is 1. The molecule has 0 heterocycles. The topological polar surface area (TPSA) is 26.3 Å². The summed E-state index contributed by atoms with van der Waals surface area (Å²) in [7, 11) is 1.41. The van der Waals surface area contributed by atoms with Crippen LogP contribution >= 0.6 is 16.8 Å². The second-order valence-corrected chi connectivity index (χ2v) is 9.51. The normalized spacial score (nSPS) is 11.3. The van der Waals surface area contributed by atoms with E-state index in [4.69, 9.17) is 4.74 Å². The van der Waals surface area contributed by atoms with Gasteiger partial charge < -0.3 is 4.74 Å². The summed E-state index contributed by atoms with van der Waals surface area (Å²) in [5.74, 6) is 1.90. The second-order valence-electron chi connectivity index (χ2n) is 6.22. The van der Waals surface area contributed by atoms with Crippen LogP contribution in [0, 0.1) is 0 Å². The lowest BCUT2D eigenvalue weighted by molar-refractivity contribution is -0.136. The van der Waals surface area contributed by atoms with Gasteiger partial charge >= 0.3 is 5.97 Å². The van der Waals surface area contributed by atoms with Crippen LogP contribution < -0.4 is 15.9 Å². The Morgan fingerprint density at radius 2 is 1.11 bits per heavy atom. The number of carbonyl (C=O) groups excluding carboxylic acids is 1. The smallest absolute Gasteiger partial charge is 0.333 e. The molecule has 0 bridgehead atoms. The second kappa shape index (κ2) is 10.2. The highest BCUT2D eigenvalue weighted by Crippen LogP contribution is 2.43. The van der Waals surface area contributed by atoms with Crippen LogP contribution in [0.5, 0.6) is 0 Å². The Hall–Kier alpha value is -2.40. The van der Waals surface area contributed by atoms with Gasteiger partial charge in [0.25, 0.3) is 0 Å². The molecule has 2 nitrogen and oxygen atoms in total. The van der Waals surface area contributed by atoms with E-state index in [-0.39, 0.29) is 15.9 Å². The van der Waals surface area contributed by atoms with Gasteiger partial charge in [-0.25, -0.2) is 4.79 Å². The fourth-order valence-corrected chi connectivity index (χ4v) is 6.93. The van der Waals surface area contributed by atoms with E-state index in [2.05, 4.69) is 78.6 Å². The first-order chi connectivity index (χ1) is 13.2. The molecule has 4 heteroatoms. The number of benzene rings is 3. The highest BCUT2D eigenvalue weighted by Gasteiger charge is 2.24. The SMILES string of the molecule is COC(=O)C(C)=CC=P(c1ccccc1)(c1ccccc1)c1ccccc1.[PH4+]. The third-order valence-electron chi connectivity index (χ3n) is 4.55. The van der Waals surface area contributed by atoms with Crippen molar-refractivity contribution in [1.82, 2.24) is 0 Å². The van der Waals surface area contributed by atoms with E-state index in [9.17, 15) is 4.79 Å². The maximum absolute atomic E-state index is 11.9.